The van der Waals surface area contributed by atoms with E-state index < -0.39 is 16.0 Å². The highest BCUT2D eigenvalue weighted by molar-refractivity contribution is 7.92. The van der Waals surface area contributed by atoms with E-state index in [9.17, 15) is 13.2 Å². The highest BCUT2D eigenvalue weighted by Gasteiger charge is 2.23. The summed E-state index contributed by atoms with van der Waals surface area (Å²) in [5, 5.41) is 0.436. The fourth-order valence-electron chi connectivity index (χ4n) is 1.43. The number of anilines is 1. The Bertz CT molecular complexity index is 556. The van der Waals surface area contributed by atoms with Crippen molar-refractivity contribution < 1.29 is 17.9 Å². The van der Waals surface area contributed by atoms with Crippen LogP contribution >= 0.6 is 11.6 Å². The summed E-state index contributed by atoms with van der Waals surface area (Å²) in [5.41, 5.74) is 0.962. The topological polar surface area (TPSA) is 63.7 Å². The minimum absolute atomic E-state index is 0.371. The third-order valence-corrected chi connectivity index (χ3v) is 3.94. The second-order valence-corrected chi connectivity index (χ2v) is 6.04. The van der Waals surface area contributed by atoms with Crippen LogP contribution in [0.25, 0.3) is 0 Å². The number of rotatable bonds is 4. The van der Waals surface area contributed by atoms with Gasteiger partial charge in [-0.15, -0.1) is 0 Å². The van der Waals surface area contributed by atoms with Gasteiger partial charge in [0.05, 0.1) is 19.1 Å². The van der Waals surface area contributed by atoms with Gasteiger partial charge in [-0.3, -0.25) is 9.10 Å². The minimum atomic E-state index is -3.59. The van der Waals surface area contributed by atoms with Crippen LogP contribution in [0.3, 0.4) is 0 Å². The van der Waals surface area contributed by atoms with Crippen molar-refractivity contribution in [2.24, 2.45) is 0 Å². The Labute approximate surface area is 111 Å². The van der Waals surface area contributed by atoms with Crippen LogP contribution in [0.1, 0.15) is 5.56 Å². The van der Waals surface area contributed by atoms with Crippen LogP contribution in [0.5, 0.6) is 0 Å². The summed E-state index contributed by atoms with van der Waals surface area (Å²) in [4.78, 5) is 11.3. The zero-order chi connectivity index (χ0) is 13.9. The second kappa shape index (κ2) is 5.58. The van der Waals surface area contributed by atoms with E-state index in [1.54, 1.807) is 25.1 Å². The predicted molar refractivity (Wildman–Crippen MR) is 70.4 cm³/mol. The monoisotopic (exact) mass is 291 g/mol. The van der Waals surface area contributed by atoms with Crippen LogP contribution in [0.2, 0.25) is 5.02 Å². The minimum Gasteiger partial charge on any atom is -0.468 e. The Kier molecular flexibility index (Phi) is 4.59. The largest absolute Gasteiger partial charge is 0.468 e. The van der Waals surface area contributed by atoms with Crippen LogP contribution in [0.4, 0.5) is 5.69 Å². The first kappa shape index (κ1) is 14.8. The van der Waals surface area contributed by atoms with Gasteiger partial charge in [-0.25, -0.2) is 8.42 Å². The number of methoxy groups -OCH3 is 1. The van der Waals surface area contributed by atoms with Crippen molar-refractivity contribution in [3.8, 4) is 0 Å². The van der Waals surface area contributed by atoms with Gasteiger partial charge in [0.15, 0.2) is 0 Å². The molecular formula is C11H14ClNO4S. The van der Waals surface area contributed by atoms with E-state index in [-0.39, 0.29) is 6.54 Å². The van der Waals surface area contributed by atoms with Crippen LogP contribution < -0.4 is 4.31 Å². The molecule has 100 valence electrons. The summed E-state index contributed by atoms with van der Waals surface area (Å²) in [6, 6.07) is 4.87. The molecule has 5 nitrogen and oxygen atoms in total. The number of benzene rings is 1. The predicted octanol–water partition coefficient (Wildman–Crippen LogP) is 1.59. The van der Waals surface area contributed by atoms with Crippen LogP contribution in [0, 0.1) is 6.92 Å². The zero-order valence-electron chi connectivity index (χ0n) is 10.3. The molecule has 0 aliphatic heterocycles. The van der Waals surface area contributed by atoms with Crippen molar-refractivity contribution in [3.05, 3.63) is 28.8 Å². The zero-order valence-corrected chi connectivity index (χ0v) is 11.9. The molecule has 7 heteroatoms. The summed E-state index contributed by atoms with van der Waals surface area (Å²) in [6.45, 7) is 1.31. The van der Waals surface area contributed by atoms with Gasteiger partial charge in [0.2, 0.25) is 10.0 Å². The molecule has 0 aliphatic rings. The number of carbonyl (C=O) groups excluding carboxylic acids is 1. The third-order valence-electron chi connectivity index (χ3n) is 2.41. The Morgan fingerprint density at radius 2 is 2.06 bits per heavy atom. The number of hydrogen-bond donors (Lipinski definition) is 0. The lowest BCUT2D eigenvalue weighted by molar-refractivity contribution is -0.138. The molecule has 0 saturated carbocycles. The number of carbonyl (C=O) groups is 1. The maximum Gasteiger partial charge on any atom is 0.326 e. The lowest BCUT2D eigenvalue weighted by Gasteiger charge is -2.23. The molecule has 0 heterocycles. The highest BCUT2D eigenvalue weighted by atomic mass is 35.5. The molecule has 0 amide bonds. The normalized spacial score (nSPS) is 11.1. The van der Waals surface area contributed by atoms with Crippen molar-refractivity contribution in [1.29, 1.82) is 0 Å². The first-order valence-corrected chi connectivity index (χ1v) is 7.29. The van der Waals surface area contributed by atoms with E-state index in [1.165, 1.54) is 7.11 Å². The number of sulfonamides is 1. The lowest BCUT2D eigenvalue weighted by Crippen LogP contribution is -2.35. The highest BCUT2D eigenvalue weighted by Crippen LogP contribution is 2.27. The maximum absolute atomic E-state index is 11.7. The molecule has 0 radical (unpaired) electrons. The number of ether oxygens (including phenoxy) is 1. The molecule has 0 saturated heterocycles. The average Bonchev–Trinajstić information content (AvgIpc) is 2.28. The van der Waals surface area contributed by atoms with Gasteiger partial charge < -0.3 is 4.74 Å². The smallest absolute Gasteiger partial charge is 0.326 e. The lowest BCUT2D eigenvalue weighted by atomic mass is 10.2. The average molecular weight is 292 g/mol. The van der Waals surface area contributed by atoms with E-state index >= 15 is 0 Å². The van der Waals surface area contributed by atoms with Gasteiger partial charge in [-0.1, -0.05) is 17.7 Å². The van der Waals surface area contributed by atoms with E-state index in [0.29, 0.717) is 16.3 Å². The van der Waals surface area contributed by atoms with Gasteiger partial charge in [-0.2, -0.15) is 0 Å². The van der Waals surface area contributed by atoms with Crippen molar-refractivity contribution >= 4 is 33.3 Å². The van der Waals surface area contributed by atoms with E-state index in [4.69, 9.17) is 11.6 Å². The number of halogens is 1. The summed E-state index contributed by atoms with van der Waals surface area (Å²) in [6.07, 6.45) is 1.02. The summed E-state index contributed by atoms with van der Waals surface area (Å²) >= 11 is 5.94. The summed E-state index contributed by atoms with van der Waals surface area (Å²) in [5.74, 6) is -0.639. The number of hydrogen-bond acceptors (Lipinski definition) is 4. The second-order valence-electron chi connectivity index (χ2n) is 3.73. The number of nitrogens with zero attached hydrogens (tertiary/aromatic N) is 1. The Morgan fingerprint density at radius 1 is 1.44 bits per heavy atom. The molecule has 1 aromatic carbocycles. The molecule has 0 N–H and O–H groups in total. The van der Waals surface area contributed by atoms with Gasteiger partial charge in [0.1, 0.15) is 6.54 Å². The van der Waals surface area contributed by atoms with Crippen LogP contribution in [-0.4, -0.2) is 34.3 Å². The number of esters is 1. The van der Waals surface area contributed by atoms with Gasteiger partial charge in [0, 0.05) is 5.02 Å². The van der Waals surface area contributed by atoms with E-state index in [0.717, 1.165) is 10.6 Å². The molecule has 0 bridgehead atoms. The molecule has 0 unspecified atom stereocenters. The Morgan fingerprint density at radius 3 is 2.56 bits per heavy atom. The van der Waals surface area contributed by atoms with Crippen LogP contribution in [0.15, 0.2) is 18.2 Å². The first-order valence-electron chi connectivity index (χ1n) is 5.07. The van der Waals surface area contributed by atoms with Crippen molar-refractivity contribution in [1.82, 2.24) is 0 Å². The third kappa shape index (κ3) is 3.36. The molecule has 18 heavy (non-hydrogen) atoms. The standard InChI is InChI=1S/C11H14ClNO4S/c1-8-9(12)5-4-6-10(8)13(18(3,15)16)7-11(14)17-2/h4-6H,7H2,1-3H3. The van der Waals surface area contributed by atoms with Crippen molar-refractivity contribution in [2.45, 2.75) is 6.92 Å². The van der Waals surface area contributed by atoms with Crippen LogP contribution in [-0.2, 0) is 19.6 Å². The molecular weight excluding hydrogens is 278 g/mol. The van der Waals surface area contributed by atoms with Crippen molar-refractivity contribution in [3.63, 3.8) is 0 Å². The molecule has 0 aromatic heterocycles. The molecule has 0 spiro atoms. The van der Waals surface area contributed by atoms with E-state index in [1.807, 2.05) is 0 Å². The van der Waals surface area contributed by atoms with E-state index in [2.05, 4.69) is 4.74 Å². The Balaban J connectivity index is 3.27. The first-order chi connectivity index (χ1) is 8.27. The molecule has 0 fully saturated rings. The molecule has 0 aliphatic carbocycles. The fraction of sp³-hybridized carbons (Fsp3) is 0.364. The Hall–Kier alpha value is -1.27. The van der Waals surface area contributed by atoms with Gasteiger partial charge in [-0.05, 0) is 24.6 Å². The van der Waals surface area contributed by atoms with Gasteiger partial charge >= 0.3 is 5.97 Å². The molecule has 0 atom stereocenters. The summed E-state index contributed by atoms with van der Waals surface area (Å²) in [7, 11) is -2.39. The van der Waals surface area contributed by atoms with Gasteiger partial charge in [0.25, 0.3) is 0 Å². The SMILES string of the molecule is COC(=O)CN(c1cccc(Cl)c1C)S(C)(=O)=O. The summed E-state index contributed by atoms with van der Waals surface area (Å²) < 4.78 is 28.9. The fourth-order valence-corrected chi connectivity index (χ4v) is 2.49. The maximum atomic E-state index is 11.7. The molecule has 1 aromatic rings. The van der Waals surface area contributed by atoms with Crippen molar-refractivity contribution in [2.75, 3.05) is 24.2 Å². The quantitative estimate of drug-likeness (QED) is 0.790. The molecule has 1 rings (SSSR count).